The van der Waals surface area contributed by atoms with Crippen molar-refractivity contribution in [2.75, 3.05) is 33.2 Å². The third-order valence-corrected chi connectivity index (χ3v) is 9.43. The highest BCUT2D eigenvalue weighted by Gasteiger charge is 2.58. The zero-order chi connectivity index (χ0) is 20.3. The largest absolute Gasteiger partial charge is 0.508 e. The van der Waals surface area contributed by atoms with Crippen molar-refractivity contribution in [1.29, 1.82) is 0 Å². The summed E-state index contributed by atoms with van der Waals surface area (Å²) in [5.41, 5.74) is 3.12. The average molecular weight is 397 g/mol. The Balaban J connectivity index is 1.39. The lowest BCUT2D eigenvalue weighted by Crippen LogP contribution is -2.49. The van der Waals surface area contributed by atoms with Crippen LogP contribution in [0.1, 0.15) is 56.6 Å². The van der Waals surface area contributed by atoms with Crippen LogP contribution in [0.3, 0.4) is 0 Å². The maximum atomic E-state index is 13.5. The molecular weight excluding hydrogens is 360 g/mol. The summed E-state index contributed by atoms with van der Waals surface area (Å²) >= 11 is 0. The lowest BCUT2D eigenvalue weighted by Gasteiger charge is -2.50. The standard InChI is InChI=1S/C25H36N2O2/c1-16-22(24(29)27-12-10-26(3)11-13-27)15-23-21-6-4-17-14-18(28)5-7-19(17)20(21)8-9-25(16,23)2/h5,7,14,16,20-23,28H,4,6,8-13,15H2,1-3H3. The molecule has 0 radical (unpaired) electrons. The lowest BCUT2D eigenvalue weighted by atomic mass is 9.54. The predicted molar refractivity (Wildman–Crippen MR) is 115 cm³/mol. The summed E-state index contributed by atoms with van der Waals surface area (Å²) in [6.07, 6.45) is 5.83. The first-order valence-electron chi connectivity index (χ1n) is 11.7. The van der Waals surface area contributed by atoms with Crippen LogP contribution >= 0.6 is 0 Å². The van der Waals surface area contributed by atoms with Crippen LogP contribution in [0.4, 0.5) is 0 Å². The van der Waals surface area contributed by atoms with Gasteiger partial charge in [-0.3, -0.25) is 4.79 Å². The number of piperazine rings is 1. The van der Waals surface area contributed by atoms with Gasteiger partial charge in [-0.05, 0) is 91.5 Å². The zero-order valence-electron chi connectivity index (χ0n) is 18.2. The van der Waals surface area contributed by atoms with Crippen LogP contribution in [-0.4, -0.2) is 54.0 Å². The van der Waals surface area contributed by atoms with Crippen molar-refractivity contribution in [2.24, 2.45) is 29.1 Å². The molecule has 0 spiro atoms. The van der Waals surface area contributed by atoms with E-state index >= 15 is 0 Å². The second-order valence-electron chi connectivity index (χ2n) is 10.6. The molecule has 1 heterocycles. The van der Waals surface area contributed by atoms with Crippen LogP contribution in [0, 0.1) is 29.1 Å². The van der Waals surface area contributed by atoms with Crippen LogP contribution in [0.2, 0.25) is 0 Å². The molecule has 1 aromatic rings. The number of carbonyl (C=O) groups excluding carboxylic acids is 1. The van der Waals surface area contributed by atoms with Gasteiger partial charge in [0.15, 0.2) is 0 Å². The van der Waals surface area contributed by atoms with Gasteiger partial charge < -0.3 is 14.9 Å². The Bertz CT molecular complexity index is 800. The highest BCUT2D eigenvalue weighted by Crippen LogP contribution is 2.64. The number of hydrogen-bond donors (Lipinski definition) is 1. The number of benzene rings is 1. The molecule has 0 aromatic heterocycles. The Kier molecular flexibility index (Phi) is 4.69. The predicted octanol–water partition coefficient (Wildman–Crippen LogP) is 3.88. The van der Waals surface area contributed by atoms with E-state index < -0.39 is 0 Å². The first kappa shape index (κ1) is 19.4. The summed E-state index contributed by atoms with van der Waals surface area (Å²) in [5.74, 6) is 3.46. The Labute approximate surface area is 175 Å². The van der Waals surface area contributed by atoms with Crippen LogP contribution in [-0.2, 0) is 11.2 Å². The number of aryl methyl sites for hydroxylation is 1. The van der Waals surface area contributed by atoms with Crippen LogP contribution in [0.25, 0.3) is 0 Å². The molecule has 5 rings (SSSR count). The molecule has 0 bridgehead atoms. The van der Waals surface area contributed by atoms with Gasteiger partial charge in [-0.1, -0.05) is 19.9 Å². The molecule has 1 saturated heterocycles. The Hall–Kier alpha value is -1.55. The monoisotopic (exact) mass is 396 g/mol. The topological polar surface area (TPSA) is 43.8 Å². The second-order valence-corrected chi connectivity index (χ2v) is 10.6. The summed E-state index contributed by atoms with van der Waals surface area (Å²) in [7, 11) is 2.15. The van der Waals surface area contributed by atoms with E-state index in [1.165, 1.54) is 30.4 Å². The first-order valence-corrected chi connectivity index (χ1v) is 11.7. The minimum absolute atomic E-state index is 0.202. The third kappa shape index (κ3) is 3.01. The number of amides is 1. The second kappa shape index (κ2) is 7.01. The molecular formula is C25H36N2O2. The molecule has 4 nitrogen and oxygen atoms in total. The maximum absolute atomic E-state index is 13.5. The Morgan fingerprint density at radius 3 is 2.69 bits per heavy atom. The number of hydrogen-bond acceptors (Lipinski definition) is 3. The number of phenolic OH excluding ortho intramolecular Hbond substituents is 1. The van der Waals surface area contributed by atoms with Crippen molar-refractivity contribution in [3.05, 3.63) is 29.3 Å². The molecule has 4 aliphatic rings. The minimum atomic E-state index is 0.202. The minimum Gasteiger partial charge on any atom is -0.508 e. The van der Waals surface area contributed by atoms with Crippen LogP contribution in [0.15, 0.2) is 18.2 Å². The number of phenols is 1. The van der Waals surface area contributed by atoms with Crippen LogP contribution in [0.5, 0.6) is 5.75 Å². The summed E-state index contributed by atoms with van der Waals surface area (Å²) in [4.78, 5) is 18.0. The van der Waals surface area contributed by atoms with Crippen molar-refractivity contribution in [3.63, 3.8) is 0 Å². The molecule has 1 amide bonds. The smallest absolute Gasteiger partial charge is 0.226 e. The van der Waals surface area contributed by atoms with Gasteiger partial charge in [0.1, 0.15) is 5.75 Å². The Morgan fingerprint density at radius 1 is 1.17 bits per heavy atom. The number of carbonyl (C=O) groups is 1. The number of likely N-dealkylation sites (N-methyl/N-ethyl adjacent to an activating group) is 1. The van der Waals surface area contributed by atoms with Gasteiger partial charge in [0.25, 0.3) is 0 Å². The molecule has 158 valence electrons. The van der Waals surface area contributed by atoms with Crippen molar-refractivity contribution in [1.82, 2.24) is 9.80 Å². The molecule has 2 saturated carbocycles. The van der Waals surface area contributed by atoms with Crippen molar-refractivity contribution in [3.8, 4) is 5.75 Å². The van der Waals surface area contributed by atoms with Gasteiger partial charge >= 0.3 is 0 Å². The fourth-order valence-electron chi connectivity index (χ4n) is 7.44. The van der Waals surface area contributed by atoms with E-state index in [4.69, 9.17) is 0 Å². The number of nitrogens with zero attached hydrogens (tertiary/aromatic N) is 2. The molecule has 6 unspecified atom stereocenters. The quantitative estimate of drug-likeness (QED) is 0.783. The molecule has 1 N–H and O–H groups in total. The lowest BCUT2D eigenvalue weighted by molar-refractivity contribution is -0.138. The molecule has 3 aliphatic carbocycles. The highest BCUT2D eigenvalue weighted by molar-refractivity contribution is 5.80. The normalized spacial score (nSPS) is 39.6. The highest BCUT2D eigenvalue weighted by atomic mass is 16.3. The molecule has 29 heavy (non-hydrogen) atoms. The number of aromatic hydroxyl groups is 1. The van der Waals surface area contributed by atoms with Gasteiger partial charge in [-0.25, -0.2) is 0 Å². The van der Waals surface area contributed by atoms with E-state index in [-0.39, 0.29) is 5.92 Å². The summed E-state index contributed by atoms with van der Waals surface area (Å²) in [5, 5.41) is 9.90. The van der Waals surface area contributed by atoms with Gasteiger partial charge in [-0.2, -0.15) is 0 Å². The molecule has 4 heteroatoms. The SMILES string of the molecule is CC1C(C(=O)N2CCN(C)CC2)CC2C3CCc4cc(O)ccc4C3CCC12C. The Morgan fingerprint density at radius 2 is 1.93 bits per heavy atom. The van der Waals surface area contributed by atoms with Gasteiger partial charge in [0.2, 0.25) is 5.91 Å². The van der Waals surface area contributed by atoms with Crippen molar-refractivity contribution in [2.45, 2.75) is 51.9 Å². The fraction of sp³-hybridized carbons (Fsp3) is 0.720. The number of fused-ring (bicyclic) bond motifs is 5. The van der Waals surface area contributed by atoms with Gasteiger partial charge in [0, 0.05) is 32.1 Å². The molecule has 6 atom stereocenters. The van der Waals surface area contributed by atoms with E-state index in [2.05, 4.69) is 36.8 Å². The first-order chi connectivity index (χ1) is 13.9. The maximum Gasteiger partial charge on any atom is 0.226 e. The summed E-state index contributed by atoms with van der Waals surface area (Å²) < 4.78 is 0. The molecule has 1 aliphatic heterocycles. The van der Waals surface area contributed by atoms with Crippen LogP contribution < -0.4 is 0 Å². The zero-order valence-corrected chi connectivity index (χ0v) is 18.2. The third-order valence-electron chi connectivity index (χ3n) is 9.43. The van der Waals surface area contributed by atoms with Crippen molar-refractivity contribution >= 4 is 5.91 Å². The van der Waals surface area contributed by atoms with Gasteiger partial charge in [-0.15, -0.1) is 0 Å². The molecule has 1 aromatic carbocycles. The van der Waals surface area contributed by atoms with E-state index in [0.717, 1.165) is 39.0 Å². The van der Waals surface area contributed by atoms with E-state index in [9.17, 15) is 9.90 Å². The van der Waals surface area contributed by atoms with E-state index in [1.54, 1.807) is 0 Å². The van der Waals surface area contributed by atoms with E-state index in [1.807, 2.05) is 12.1 Å². The van der Waals surface area contributed by atoms with Gasteiger partial charge in [0.05, 0.1) is 0 Å². The van der Waals surface area contributed by atoms with Crippen molar-refractivity contribution < 1.29 is 9.90 Å². The summed E-state index contributed by atoms with van der Waals surface area (Å²) in [6, 6.07) is 6.03. The number of rotatable bonds is 1. The van der Waals surface area contributed by atoms with E-state index in [0.29, 0.717) is 40.7 Å². The average Bonchev–Trinajstić information content (AvgIpc) is 2.99. The summed E-state index contributed by atoms with van der Waals surface area (Å²) in [6.45, 7) is 8.64. The fourth-order valence-corrected chi connectivity index (χ4v) is 7.44. The molecule has 3 fully saturated rings.